The van der Waals surface area contributed by atoms with Gasteiger partial charge in [-0.25, -0.2) is 4.98 Å². The van der Waals surface area contributed by atoms with E-state index in [1.165, 1.54) is 6.20 Å². The smallest absolute Gasteiger partial charge is 0.254 e. The second kappa shape index (κ2) is 5.88. The van der Waals surface area contributed by atoms with E-state index in [4.69, 9.17) is 10.5 Å². The molecule has 2 heterocycles. The number of amides is 1. The van der Waals surface area contributed by atoms with Crippen LogP contribution in [0.1, 0.15) is 16.8 Å². The molecule has 0 aliphatic carbocycles. The van der Waals surface area contributed by atoms with Gasteiger partial charge in [0.1, 0.15) is 5.75 Å². The molecule has 1 aromatic heterocycles. The maximum Gasteiger partial charge on any atom is 0.254 e. The van der Waals surface area contributed by atoms with Gasteiger partial charge in [-0.05, 0) is 24.6 Å². The molecular formula is C15H16N4O2. The maximum atomic E-state index is 12.4. The molecule has 1 saturated heterocycles. The first kappa shape index (κ1) is 13.5. The molecule has 21 heavy (non-hydrogen) atoms. The number of hydrogen-bond acceptors (Lipinski definition) is 5. The van der Waals surface area contributed by atoms with Crippen LogP contribution in [0.15, 0.2) is 42.9 Å². The molecule has 0 saturated carbocycles. The molecule has 0 spiro atoms. The fourth-order valence-corrected chi connectivity index (χ4v) is 2.31. The molecule has 2 N–H and O–H groups in total. The lowest BCUT2D eigenvalue weighted by Crippen LogP contribution is -2.31. The van der Waals surface area contributed by atoms with E-state index in [1.54, 1.807) is 41.6 Å². The van der Waals surface area contributed by atoms with Crippen molar-refractivity contribution in [3.8, 4) is 11.6 Å². The molecule has 1 amide bonds. The quantitative estimate of drug-likeness (QED) is 0.922. The maximum absolute atomic E-state index is 12.4. The summed E-state index contributed by atoms with van der Waals surface area (Å²) in [5.74, 6) is 0.933. The molecule has 0 radical (unpaired) electrons. The van der Waals surface area contributed by atoms with Crippen LogP contribution in [0, 0.1) is 0 Å². The second-order valence-corrected chi connectivity index (χ2v) is 4.97. The molecular weight excluding hydrogens is 268 g/mol. The topological polar surface area (TPSA) is 81.3 Å². The molecule has 2 aromatic rings. The summed E-state index contributed by atoms with van der Waals surface area (Å²) in [4.78, 5) is 22.1. The van der Waals surface area contributed by atoms with Gasteiger partial charge in [0.2, 0.25) is 5.88 Å². The minimum absolute atomic E-state index is 0.0208. The van der Waals surface area contributed by atoms with Crippen LogP contribution in [0.25, 0.3) is 0 Å². The van der Waals surface area contributed by atoms with Crippen LogP contribution in [0.3, 0.4) is 0 Å². The summed E-state index contributed by atoms with van der Waals surface area (Å²) in [6.07, 6.45) is 5.49. The normalized spacial score (nSPS) is 17.8. The highest BCUT2D eigenvalue weighted by Crippen LogP contribution is 2.21. The Hall–Kier alpha value is -2.47. The van der Waals surface area contributed by atoms with E-state index in [0.717, 1.165) is 6.42 Å². The van der Waals surface area contributed by atoms with Crippen molar-refractivity contribution in [2.24, 2.45) is 5.73 Å². The summed E-state index contributed by atoms with van der Waals surface area (Å²) >= 11 is 0. The van der Waals surface area contributed by atoms with Gasteiger partial charge in [-0.2, -0.15) is 0 Å². The van der Waals surface area contributed by atoms with Gasteiger partial charge in [0.25, 0.3) is 5.91 Å². The summed E-state index contributed by atoms with van der Waals surface area (Å²) in [5, 5.41) is 0. The molecule has 108 valence electrons. The van der Waals surface area contributed by atoms with E-state index in [0.29, 0.717) is 30.3 Å². The van der Waals surface area contributed by atoms with Gasteiger partial charge in [-0.3, -0.25) is 9.78 Å². The number of carbonyl (C=O) groups is 1. The van der Waals surface area contributed by atoms with Crippen LogP contribution in [-0.4, -0.2) is 39.9 Å². The zero-order chi connectivity index (χ0) is 14.7. The lowest BCUT2D eigenvalue weighted by molar-refractivity contribution is 0.0790. The molecule has 1 atom stereocenters. The Bertz CT molecular complexity index is 633. The standard InChI is InChI=1S/C15H16N4O2/c16-12-4-7-19(10-12)15(20)11-2-1-3-13(8-11)21-14-9-17-5-6-18-14/h1-3,5-6,8-9,12H,4,7,10,16H2. The number of likely N-dealkylation sites (tertiary alicyclic amines) is 1. The van der Waals surface area contributed by atoms with Crippen LogP contribution in [0.2, 0.25) is 0 Å². The Morgan fingerprint density at radius 3 is 3.00 bits per heavy atom. The number of nitrogens with zero attached hydrogens (tertiary/aromatic N) is 3. The third-order valence-corrected chi connectivity index (χ3v) is 3.35. The van der Waals surface area contributed by atoms with Gasteiger partial charge >= 0.3 is 0 Å². The Labute approximate surface area is 122 Å². The number of aromatic nitrogens is 2. The third-order valence-electron chi connectivity index (χ3n) is 3.35. The molecule has 3 rings (SSSR count). The number of rotatable bonds is 3. The summed E-state index contributed by atoms with van der Waals surface area (Å²) in [7, 11) is 0. The first-order valence-electron chi connectivity index (χ1n) is 6.81. The zero-order valence-corrected chi connectivity index (χ0v) is 11.5. The number of hydrogen-bond donors (Lipinski definition) is 1. The molecule has 1 aromatic carbocycles. The highest BCUT2D eigenvalue weighted by atomic mass is 16.5. The highest BCUT2D eigenvalue weighted by molar-refractivity contribution is 5.94. The van der Waals surface area contributed by atoms with Crippen LogP contribution in [-0.2, 0) is 0 Å². The largest absolute Gasteiger partial charge is 0.437 e. The molecule has 6 nitrogen and oxygen atoms in total. The fraction of sp³-hybridized carbons (Fsp3) is 0.267. The van der Waals surface area contributed by atoms with Gasteiger partial charge in [0.05, 0.1) is 6.20 Å². The van der Waals surface area contributed by atoms with Crippen molar-refractivity contribution in [3.05, 3.63) is 48.4 Å². The predicted octanol–water partition coefficient (Wildman–Crippen LogP) is 1.44. The Balaban J connectivity index is 1.75. The summed E-state index contributed by atoms with van der Waals surface area (Å²) < 4.78 is 5.58. The van der Waals surface area contributed by atoms with E-state index >= 15 is 0 Å². The predicted molar refractivity (Wildman–Crippen MR) is 77.0 cm³/mol. The Morgan fingerprint density at radius 1 is 1.38 bits per heavy atom. The number of ether oxygens (including phenoxy) is 1. The lowest BCUT2D eigenvalue weighted by Gasteiger charge is -2.16. The van der Waals surface area contributed by atoms with Crippen LogP contribution in [0.5, 0.6) is 11.6 Å². The van der Waals surface area contributed by atoms with E-state index in [2.05, 4.69) is 9.97 Å². The van der Waals surface area contributed by atoms with Crippen molar-refractivity contribution in [2.75, 3.05) is 13.1 Å². The van der Waals surface area contributed by atoms with Crippen LogP contribution >= 0.6 is 0 Å². The SMILES string of the molecule is NC1CCN(C(=O)c2cccc(Oc3cnccn3)c2)C1. The molecule has 1 aliphatic rings. The van der Waals surface area contributed by atoms with Crippen molar-refractivity contribution < 1.29 is 9.53 Å². The van der Waals surface area contributed by atoms with Crippen molar-refractivity contribution in [3.63, 3.8) is 0 Å². The van der Waals surface area contributed by atoms with Crippen LogP contribution in [0.4, 0.5) is 0 Å². The van der Waals surface area contributed by atoms with E-state index < -0.39 is 0 Å². The monoisotopic (exact) mass is 284 g/mol. The zero-order valence-electron chi connectivity index (χ0n) is 11.5. The molecule has 1 unspecified atom stereocenters. The van der Waals surface area contributed by atoms with Crippen molar-refractivity contribution in [2.45, 2.75) is 12.5 Å². The van der Waals surface area contributed by atoms with Crippen molar-refractivity contribution in [1.29, 1.82) is 0 Å². The van der Waals surface area contributed by atoms with E-state index in [9.17, 15) is 4.79 Å². The van der Waals surface area contributed by atoms with Crippen molar-refractivity contribution in [1.82, 2.24) is 14.9 Å². The molecule has 0 bridgehead atoms. The third kappa shape index (κ3) is 3.17. The summed E-state index contributed by atoms with van der Waals surface area (Å²) in [5.41, 5.74) is 6.43. The van der Waals surface area contributed by atoms with Gasteiger partial charge < -0.3 is 15.4 Å². The first-order chi connectivity index (χ1) is 10.2. The average molecular weight is 284 g/mol. The Morgan fingerprint density at radius 2 is 2.29 bits per heavy atom. The summed E-state index contributed by atoms with van der Waals surface area (Å²) in [6.45, 7) is 1.31. The molecule has 1 aliphatic heterocycles. The average Bonchev–Trinajstić information content (AvgIpc) is 2.94. The minimum atomic E-state index is -0.0208. The second-order valence-electron chi connectivity index (χ2n) is 4.97. The van der Waals surface area contributed by atoms with Gasteiger partial charge in [0.15, 0.2) is 0 Å². The number of carbonyl (C=O) groups excluding carboxylic acids is 1. The van der Waals surface area contributed by atoms with Gasteiger partial charge in [-0.15, -0.1) is 0 Å². The van der Waals surface area contributed by atoms with Gasteiger partial charge in [-0.1, -0.05) is 6.07 Å². The van der Waals surface area contributed by atoms with E-state index in [-0.39, 0.29) is 11.9 Å². The summed E-state index contributed by atoms with van der Waals surface area (Å²) in [6, 6.07) is 7.13. The van der Waals surface area contributed by atoms with E-state index in [1.807, 2.05) is 0 Å². The van der Waals surface area contributed by atoms with Gasteiger partial charge in [0, 0.05) is 37.1 Å². The fourth-order valence-electron chi connectivity index (χ4n) is 2.31. The number of benzene rings is 1. The minimum Gasteiger partial charge on any atom is -0.437 e. The Kier molecular flexibility index (Phi) is 3.79. The molecule has 1 fully saturated rings. The first-order valence-corrected chi connectivity index (χ1v) is 6.81. The van der Waals surface area contributed by atoms with Crippen molar-refractivity contribution >= 4 is 5.91 Å². The molecule has 6 heteroatoms. The highest BCUT2D eigenvalue weighted by Gasteiger charge is 2.24. The van der Waals surface area contributed by atoms with Crippen LogP contribution < -0.4 is 10.5 Å². The lowest BCUT2D eigenvalue weighted by atomic mass is 10.2. The number of nitrogens with two attached hydrogens (primary N) is 1.